The molecule has 0 aliphatic rings. The van der Waals surface area contributed by atoms with Crippen molar-refractivity contribution < 1.29 is 18.7 Å². The molecule has 0 aliphatic heterocycles. The summed E-state index contributed by atoms with van der Waals surface area (Å²) in [5, 5.41) is 3.59. The van der Waals surface area contributed by atoms with Gasteiger partial charge in [0.2, 0.25) is 5.91 Å². The van der Waals surface area contributed by atoms with Gasteiger partial charge in [0.1, 0.15) is 17.6 Å². The molecule has 0 unspecified atom stereocenters. The van der Waals surface area contributed by atoms with Crippen LogP contribution in [0.5, 0.6) is 5.75 Å². The lowest BCUT2D eigenvalue weighted by molar-refractivity contribution is -0.143. The third-order valence-corrected chi connectivity index (χ3v) is 6.49. The molecule has 0 bridgehead atoms. The van der Waals surface area contributed by atoms with E-state index in [0.717, 1.165) is 17.5 Å². The SMILES string of the molecule is CC[C@H](C)NC(=O)[C@@H](Cc1ccccc1)N(Cc1ccccc1F)C(=O)COc1ccc(Cl)c(C)c1. The van der Waals surface area contributed by atoms with Crippen LogP contribution in [-0.2, 0) is 22.6 Å². The summed E-state index contributed by atoms with van der Waals surface area (Å²) in [5.41, 5.74) is 2.03. The lowest BCUT2D eigenvalue weighted by atomic mass is 10.0. The standard InChI is InChI=1S/C29H32ClFN2O3/c1-4-21(3)32-29(35)27(17-22-10-6-5-7-11-22)33(18-23-12-8-9-13-26(23)31)28(34)19-36-24-14-15-25(30)20(2)16-24/h5-16,21,27H,4,17-19H2,1-3H3,(H,32,35)/t21-,27+/m0/s1. The third kappa shape index (κ3) is 7.56. The lowest BCUT2D eigenvalue weighted by Crippen LogP contribution is -2.53. The van der Waals surface area contributed by atoms with Crippen LogP contribution in [0.2, 0.25) is 5.02 Å². The minimum Gasteiger partial charge on any atom is -0.484 e. The molecule has 0 heterocycles. The van der Waals surface area contributed by atoms with Gasteiger partial charge in [0.25, 0.3) is 5.91 Å². The van der Waals surface area contributed by atoms with Gasteiger partial charge in [-0.2, -0.15) is 0 Å². The molecular weight excluding hydrogens is 479 g/mol. The first kappa shape index (κ1) is 27.2. The normalized spacial score (nSPS) is 12.5. The quantitative estimate of drug-likeness (QED) is 0.359. The Bertz CT molecular complexity index is 1170. The van der Waals surface area contributed by atoms with Crippen molar-refractivity contribution in [3.63, 3.8) is 0 Å². The number of aryl methyl sites for hydroxylation is 1. The fourth-order valence-electron chi connectivity index (χ4n) is 3.74. The molecule has 5 nitrogen and oxygen atoms in total. The predicted molar refractivity (Wildman–Crippen MR) is 140 cm³/mol. The number of nitrogens with zero attached hydrogens (tertiary/aromatic N) is 1. The fraction of sp³-hybridized carbons (Fsp3) is 0.310. The van der Waals surface area contributed by atoms with Gasteiger partial charge < -0.3 is 15.0 Å². The van der Waals surface area contributed by atoms with Crippen LogP contribution in [0.1, 0.15) is 37.0 Å². The summed E-state index contributed by atoms with van der Waals surface area (Å²) in [4.78, 5) is 28.4. The van der Waals surface area contributed by atoms with Crippen LogP contribution < -0.4 is 10.1 Å². The van der Waals surface area contributed by atoms with Gasteiger partial charge in [0.15, 0.2) is 6.61 Å². The number of benzene rings is 3. The third-order valence-electron chi connectivity index (χ3n) is 6.06. The number of hydrogen-bond acceptors (Lipinski definition) is 3. The van der Waals surface area contributed by atoms with Gasteiger partial charge in [0.05, 0.1) is 0 Å². The number of ether oxygens (including phenoxy) is 1. The molecule has 0 saturated carbocycles. The maximum atomic E-state index is 14.6. The van der Waals surface area contributed by atoms with Crippen molar-refractivity contribution in [3.05, 3.63) is 100 Å². The van der Waals surface area contributed by atoms with Gasteiger partial charge >= 0.3 is 0 Å². The Hall–Kier alpha value is -3.38. The minimum absolute atomic E-state index is 0.0695. The molecule has 0 aromatic heterocycles. The van der Waals surface area contributed by atoms with Crippen LogP contribution >= 0.6 is 11.6 Å². The molecule has 3 aromatic carbocycles. The molecule has 0 spiro atoms. The molecule has 1 N–H and O–H groups in total. The number of amides is 2. The maximum absolute atomic E-state index is 14.6. The summed E-state index contributed by atoms with van der Waals surface area (Å²) in [5.74, 6) is -0.670. The van der Waals surface area contributed by atoms with Crippen LogP contribution in [0, 0.1) is 12.7 Å². The van der Waals surface area contributed by atoms with Crippen molar-refractivity contribution in [1.82, 2.24) is 10.2 Å². The highest BCUT2D eigenvalue weighted by Crippen LogP contribution is 2.22. The molecule has 36 heavy (non-hydrogen) atoms. The monoisotopic (exact) mass is 510 g/mol. The highest BCUT2D eigenvalue weighted by molar-refractivity contribution is 6.31. The minimum atomic E-state index is -0.857. The van der Waals surface area contributed by atoms with E-state index >= 15 is 0 Å². The Labute approximate surface area is 217 Å². The zero-order valence-electron chi connectivity index (χ0n) is 20.8. The molecule has 2 atom stereocenters. The highest BCUT2D eigenvalue weighted by atomic mass is 35.5. The van der Waals surface area contributed by atoms with Crippen molar-refractivity contribution in [2.24, 2.45) is 0 Å². The second kappa shape index (κ2) is 13.1. The average Bonchev–Trinajstić information content (AvgIpc) is 2.88. The van der Waals surface area contributed by atoms with Crippen molar-refractivity contribution >= 4 is 23.4 Å². The van der Waals surface area contributed by atoms with E-state index in [9.17, 15) is 14.0 Å². The Morgan fingerprint density at radius 1 is 1.06 bits per heavy atom. The first-order chi connectivity index (χ1) is 17.3. The van der Waals surface area contributed by atoms with Gasteiger partial charge in [0, 0.05) is 29.6 Å². The molecular formula is C29H32ClFN2O3. The summed E-state index contributed by atoms with van der Waals surface area (Å²) in [6, 6.07) is 19.9. The van der Waals surface area contributed by atoms with Crippen molar-refractivity contribution in [1.29, 1.82) is 0 Å². The Morgan fingerprint density at radius 2 is 1.75 bits per heavy atom. The van der Waals surface area contributed by atoms with Crippen LogP contribution in [0.4, 0.5) is 4.39 Å². The fourth-order valence-corrected chi connectivity index (χ4v) is 3.86. The van der Waals surface area contributed by atoms with Crippen LogP contribution in [0.25, 0.3) is 0 Å². The van der Waals surface area contributed by atoms with Gasteiger partial charge in [-0.1, -0.05) is 67.1 Å². The van der Waals surface area contributed by atoms with Crippen molar-refractivity contribution in [2.75, 3.05) is 6.61 Å². The second-order valence-corrected chi connectivity index (χ2v) is 9.24. The number of rotatable bonds is 11. The number of carbonyl (C=O) groups excluding carboxylic acids is 2. The van der Waals surface area contributed by atoms with Gasteiger partial charge in [-0.3, -0.25) is 9.59 Å². The van der Waals surface area contributed by atoms with Crippen LogP contribution in [0.3, 0.4) is 0 Å². The highest BCUT2D eigenvalue weighted by Gasteiger charge is 2.31. The van der Waals surface area contributed by atoms with Gasteiger partial charge in [-0.15, -0.1) is 0 Å². The van der Waals surface area contributed by atoms with Crippen molar-refractivity contribution in [2.45, 2.75) is 52.2 Å². The lowest BCUT2D eigenvalue weighted by Gasteiger charge is -2.32. The van der Waals surface area contributed by atoms with E-state index < -0.39 is 17.8 Å². The molecule has 2 amide bonds. The van der Waals surface area contributed by atoms with E-state index in [1.807, 2.05) is 51.1 Å². The van der Waals surface area contributed by atoms with Gasteiger partial charge in [-0.05, 0) is 55.7 Å². The van der Waals surface area contributed by atoms with Crippen LogP contribution in [0.15, 0.2) is 72.8 Å². The maximum Gasteiger partial charge on any atom is 0.261 e. The summed E-state index contributed by atoms with van der Waals surface area (Å²) in [7, 11) is 0. The van der Waals surface area contributed by atoms with E-state index in [2.05, 4.69) is 5.32 Å². The summed E-state index contributed by atoms with van der Waals surface area (Å²) < 4.78 is 20.4. The molecule has 0 aliphatic carbocycles. The van der Waals surface area contributed by atoms with E-state index in [4.69, 9.17) is 16.3 Å². The molecule has 3 rings (SSSR count). The van der Waals surface area contributed by atoms with Crippen LogP contribution in [-0.4, -0.2) is 35.4 Å². The first-order valence-electron chi connectivity index (χ1n) is 12.0. The topological polar surface area (TPSA) is 58.6 Å². The number of nitrogens with one attached hydrogen (secondary N) is 1. The molecule has 0 fully saturated rings. The Morgan fingerprint density at radius 3 is 2.42 bits per heavy atom. The predicted octanol–water partition coefficient (Wildman–Crippen LogP) is 5.72. The number of carbonyl (C=O) groups is 2. The first-order valence-corrected chi connectivity index (χ1v) is 12.4. The zero-order chi connectivity index (χ0) is 26.1. The van der Waals surface area contributed by atoms with E-state index in [0.29, 0.717) is 16.3 Å². The second-order valence-electron chi connectivity index (χ2n) is 8.84. The van der Waals surface area contributed by atoms with E-state index in [-0.39, 0.29) is 31.5 Å². The molecule has 3 aromatic rings. The van der Waals surface area contributed by atoms with E-state index in [1.54, 1.807) is 36.4 Å². The number of hydrogen-bond donors (Lipinski definition) is 1. The Balaban J connectivity index is 1.92. The molecule has 0 radical (unpaired) electrons. The largest absolute Gasteiger partial charge is 0.484 e. The summed E-state index contributed by atoms with van der Waals surface area (Å²) in [6.45, 7) is 5.35. The summed E-state index contributed by atoms with van der Waals surface area (Å²) >= 11 is 6.10. The molecule has 0 saturated heterocycles. The molecule has 7 heteroatoms. The smallest absolute Gasteiger partial charge is 0.261 e. The summed E-state index contributed by atoms with van der Waals surface area (Å²) in [6.07, 6.45) is 1.02. The zero-order valence-corrected chi connectivity index (χ0v) is 21.6. The average molecular weight is 511 g/mol. The Kier molecular flexibility index (Phi) is 9.88. The van der Waals surface area contributed by atoms with E-state index in [1.165, 1.54) is 11.0 Å². The molecule has 190 valence electrons. The van der Waals surface area contributed by atoms with Gasteiger partial charge in [-0.25, -0.2) is 4.39 Å². The number of halogens is 2. The van der Waals surface area contributed by atoms with Crippen molar-refractivity contribution in [3.8, 4) is 5.75 Å².